The maximum atomic E-state index is 9.20. The quantitative estimate of drug-likeness (QED) is 0.888. The predicted molar refractivity (Wildman–Crippen MR) is 67.7 cm³/mol. The van der Waals surface area contributed by atoms with Crippen LogP contribution in [0, 0.1) is 23.7 Å². The van der Waals surface area contributed by atoms with E-state index in [4.69, 9.17) is 9.47 Å². The molecule has 4 nitrogen and oxygen atoms in total. The Morgan fingerprint density at radius 1 is 1.33 bits per heavy atom. The minimum Gasteiger partial charge on any atom is -0.454 e. The topological polar surface area (TPSA) is 54.3 Å². The van der Waals surface area contributed by atoms with E-state index in [2.05, 4.69) is 11.4 Å². The van der Waals surface area contributed by atoms with Crippen molar-refractivity contribution in [3.8, 4) is 17.6 Å². The zero-order valence-corrected chi connectivity index (χ0v) is 10.5. The van der Waals surface area contributed by atoms with Crippen LogP contribution in [0.15, 0.2) is 12.1 Å². The lowest BCUT2D eigenvalue weighted by molar-refractivity contribution is 0.174. The molecule has 1 heterocycles. The summed E-state index contributed by atoms with van der Waals surface area (Å²) in [6.07, 6.45) is 3.16. The van der Waals surface area contributed by atoms with E-state index in [0.717, 1.165) is 42.0 Å². The van der Waals surface area contributed by atoms with Gasteiger partial charge in [-0.15, -0.1) is 0 Å². The SMILES string of the molecule is Cc1cc2c(cc1NCC1(C#N)CCC1)OCO2. The number of nitrogens with zero attached hydrogens (tertiary/aromatic N) is 1. The number of rotatable bonds is 3. The second-order valence-electron chi connectivity index (χ2n) is 5.12. The zero-order chi connectivity index (χ0) is 12.6. The van der Waals surface area contributed by atoms with Crippen LogP contribution in [0.4, 0.5) is 5.69 Å². The Kier molecular flexibility index (Phi) is 2.55. The Labute approximate surface area is 107 Å². The average molecular weight is 244 g/mol. The molecule has 1 aliphatic carbocycles. The van der Waals surface area contributed by atoms with E-state index in [1.807, 2.05) is 19.1 Å². The van der Waals surface area contributed by atoms with Crippen molar-refractivity contribution < 1.29 is 9.47 Å². The van der Waals surface area contributed by atoms with E-state index in [0.29, 0.717) is 13.3 Å². The minimum absolute atomic E-state index is 0.164. The van der Waals surface area contributed by atoms with Crippen LogP contribution < -0.4 is 14.8 Å². The van der Waals surface area contributed by atoms with Crippen molar-refractivity contribution in [2.45, 2.75) is 26.2 Å². The Bertz CT molecular complexity index is 515. The zero-order valence-electron chi connectivity index (χ0n) is 10.5. The van der Waals surface area contributed by atoms with Crippen molar-refractivity contribution in [3.63, 3.8) is 0 Å². The molecule has 2 aliphatic rings. The van der Waals surface area contributed by atoms with Crippen LogP contribution in [-0.2, 0) is 0 Å². The number of aryl methyl sites for hydroxylation is 1. The Morgan fingerprint density at radius 2 is 2.06 bits per heavy atom. The monoisotopic (exact) mass is 244 g/mol. The fourth-order valence-corrected chi connectivity index (χ4v) is 2.43. The second-order valence-corrected chi connectivity index (χ2v) is 5.12. The first-order chi connectivity index (χ1) is 8.72. The Morgan fingerprint density at radius 3 is 2.67 bits per heavy atom. The van der Waals surface area contributed by atoms with Gasteiger partial charge in [0.2, 0.25) is 6.79 Å². The van der Waals surface area contributed by atoms with Gasteiger partial charge in [0.15, 0.2) is 11.5 Å². The molecule has 1 N–H and O–H groups in total. The molecule has 1 saturated carbocycles. The molecule has 1 aromatic carbocycles. The first kappa shape index (κ1) is 11.2. The molecule has 1 aromatic rings. The van der Waals surface area contributed by atoms with Gasteiger partial charge in [-0.25, -0.2) is 0 Å². The smallest absolute Gasteiger partial charge is 0.231 e. The predicted octanol–water partition coefficient (Wildman–Crippen LogP) is 2.83. The highest BCUT2D eigenvalue weighted by Gasteiger charge is 2.37. The van der Waals surface area contributed by atoms with Crippen molar-refractivity contribution in [2.24, 2.45) is 5.41 Å². The molecule has 3 rings (SSSR count). The molecular weight excluding hydrogens is 228 g/mol. The van der Waals surface area contributed by atoms with Gasteiger partial charge >= 0.3 is 0 Å². The maximum Gasteiger partial charge on any atom is 0.231 e. The molecule has 0 radical (unpaired) electrons. The van der Waals surface area contributed by atoms with Gasteiger partial charge < -0.3 is 14.8 Å². The van der Waals surface area contributed by atoms with Gasteiger partial charge in [-0.2, -0.15) is 5.26 Å². The van der Waals surface area contributed by atoms with Crippen LogP contribution in [-0.4, -0.2) is 13.3 Å². The number of benzene rings is 1. The van der Waals surface area contributed by atoms with Gasteiger partial charge in [0.1, 0.15) is 0 Å². The summed E-state index contributed by atoms with van der Waals surface area (Å²) in [5, 5.41) is 12.6. The number of nitriles is 1. The summed E-state index contributed by atoms with van der Waals surface area (Å²) in [5.74, 6) is 1.58. The summed E-state index contributed by atoms with van der Waals surface area (Å²) in [6, 6.07) is 6.37. The molecule has 0 amide bonds. The number of fused-ring (bicyclic) bond motifs is 1. The lowest BCUT2D eigenvalue weighted by Gasteiger charge is -2.35. The number of hydrogen-bond donors (Lipinski definition) is 1. The molecule has 0 spiro atoms. The van der Waals surface area contributed by atoms with Crippen molar-refractivity contribution in [1.82, 2.24) is 0 Å². The van der Waals surface area contributed by atoms with Crippen LogP contribution in [0.3, 0.4) is 0 Å². The molecule has 94 valence electrons. The molecule has 0 unspecified atom stereocenters. The highest BCUT2D eigenvalue weighted by atomic mass is 16.7. The number of ether oxygens (including phenoxy) is 2. The fraction of sp³-hybridized carbons (Fsp3) is 0.500. The van der Waals surface area contributed by atoms with Gasteiger partial charge in [-0.1, -0.05) is 6.42 Å². The van der Waals surface area contributed by atoms with Crippen LogP contribution in [0.5, 0.6) is 11.5 Å². The normalized spacial score (nSPS) is 18.9. The lowest BCUT2D eigenvalue weighted by Crippen LogP contribution is -2.35. The van der Waals surface area contributed by atoms with Gasteiger partial charge in [-0.05, 0) is 31.4 Å². The van der Waals surface area contributed by atoms with Gasteiger partial charge in [0, 0.05) is 18.3 Å². The van der Waals surface area contributed by atoms with E-state index in [1.165, 1.54) is 0 Å². The summed E-state index contributed by atoms with van der Waals surface area (Å²) >= 11 is 0. The van der Waals surface area contributed by atoms with Crippen LogP contribution in [0.25, 0.3) is 0 Å². The Hall–Kier alpha value is -1.89. The number of hydrogen-bond acceptors (Lipinski definition) is 4. The average Bonchev–Trinajstić information content (AvgIpc) is 2.75. The van der Waals surface area contributed by atoms with Crippen LogP contribution >= 0.6 is 0 Å². The first-order valence-corrected chi connectivity index (χ1v) is 6.28. The summed E-state index contributed by atoms with van der Waals surface area (Å²) in [7, 11) is 0. The highest BCUT2D eigenvalue weighted by molar-refractivity contribution is 5.61. The molecule has 1 aliphatic heterocycles. The summed E-state index contributed by atoms with van der Waals surface area (Å²) in [6.45, 7) is 3.04. The number of nitrogens with one attached hydrogen (secondary N) is 1. The van der Waals surface area contributed by atoms with Gasteiger partial charge in [0.05, 0.1) is 11.5 Å². The van der Waals surface area contributed by atoms with Crippen molar-refractivity contribution >= 4 is 5.69 Å². The van der Waals surface area contributed by atoms with E-state index >= 15 is 0 Å². The summed E-state index contributed by atoms with van der Waals surface area (Å²) < 4.78 is 10.7. The molecule has 1 fully saturated rings. The third-order valence-electron chi connectivity index (χ3n) is 3.88. The van der Waals surface area contributed by atoms with E-state index in [9.17, 15) is 5.26 Å². The van der Waals surface area contributed by atoms with Crippen molar-refractivity contribution in [1.29, 1.82) is 5.26 Å². The molecule has 0 bridgehead atoms. The third kappa shape index (κ3) is 1.76. The molecule has 4 heteroatoms. The van der Waals surface area contributed by atoms with E-state index < -0.39 is 0 Å². The van der Waals surface area contributed by atoms with Crippen molar-refractivity contribution in [3.05, 3.63) is 17.7 Å². The Balaban J connectivity index is 1.75. The first-order valence-electron chi connectivity index (χ1n) is 6.28. The molecule has 0 aromatic heterocycles. The van der Waals surface area contributed by atoms with E-state index in [1.54, 1.807) is 0 Å². The van der Waals surface area contributed by atoms with Crippen molar-refractivity contribution in [2.75, 3.05) is 18.7 Å². The molecule has 0 atom stereocenters. The standard InChI is InChI=1S/C14H16N2O2/c1-10-5-12-13(18-9-17-12)6-11(10)16-8-14(7-15)3-2-4-14/h5-6,16H,2-4,8-9H2,1H3. The third-order valence-corrected chi connectivity index (χ3v) is 3.88. The van der Waals surface area contributed by atoms with Crippen LogP contribution in [0.1, 0.15) is 24.8 Å². The lowest BCUT2D eigenvalue weighted by atomic mass is 9.70. The maximum absolute atomic E-state index is 9.20. The summed E-state index contributed by atoms with van der Waals surface area (Å²) in [5.41, 5.74) is 1.98. The fourth-order valence-electron chi connectivity index (χ4n) is 2.43. The molecule has 18 heavy (non-hydrogen) atoms. The molecular formula is C14H16N2O2. The van der Waals surface area contributed by atoms with Crippen LogP contribution in [0.2, 0.25) is 0 Å². The van der Waals surface area contributed by atoms with E-state index in [-0.39, 0.29) is 5.41 Å². The second kappa shape index (κ2) is 4.09. The summed E-state index contributed by atoms with van der Waals surface area (Å²) in [4.78, 5) is 0. The number of anilines is 1. The minimum atomic E-state index is -0.164. The van der Waals surface area contributed by atoms with Gasteiger partial charge in [-0.3, -0.25) is 0 Å². The van der Waals surface area contributed by atoms with Gasteiger partial charge in [0.25, 0.3) is 0 Å². The molecule has 0 saturated heterocycles. The highest BCUT2D eigenvalue weighted by Crippen LogP contribution is 2.41. The largest absolute Gasteiger partial charge is 0.454 e.